The maximum atomic E-state index is 10.5. The maximum Gasteiger partial charge on any atom is 0.219 e. The molecule has 0 spiro atoms. The Morgan fingerprint density at radius 3 is 2.88 bits per heavy atom. The second-order valence-electron chi connectivity index (χ2n) is 6.38. The Labute approximate surface area is 142 Å². The van der Waals surface area contributed by atoms with Crippen molar-refractivity contribution in [2.24, 2.45) is 0 Å². The summed E-state index contributed by atoms with van der Waals surface area (Å²) in [5, 5.41) is 31.5. The Balaban J connectivity index is 1.60. The van der Waals surface area contributed by atoms with Crippen molar-refractivity contribution in [1.82, 2.24) is 4.98 Å². The number of hydrogen-bond donors (Lipinski definition) is 4. The second-order valence-corrected chi connectivity index (χ2v) is 6.78. The fraction of sp³-hybridized carbons (Fsp3) is 0.438. The molecular weight excluding hydrogens is 336 g/mol. The third-order valence-corrected chi connectivity index (χ3v) is 5.14. The number of anilines is 1. The molecule has 0 radical (unpaired) electrons. The first-order valence-electron chi connectivity index (χ1n) is 7.61. The number of pyridine rings is 1. The van der Waals surface area contributed by atoms with E-state index in [0.717, 1.165) is 5.39 Å². The van der Waals surface area contributed by atoms with Crippen LogP contribution in [0.4, 0.5) is 5.82 Å². The first-order valence-corrected chi connectivity index (χ1v) is 7.99. The van der Waals surface area contributed by atoms with E-state index in [9.17, 15) is 15.3 Å². The van der Waals surface area contributed by atoms with Crippen LogP contribution in [0.1, 0.15) is 12.8 Å². The molecule has 0 bridgehead atoms. The molecule has 1 aliphatic carbocycles. The normalized spacial score (nSPS) is 31.3. The largest absolute Gasteiger partial charge is 0.488 e. The van der Waals surface area contributed by atoms with Gasteiger partial charge in [-0.05, 0) is 31.0 Å². The highest BCUT2D eigenvalue weighted by Crippen LogP contribution is 2.46. The van der Waals surface area contributed by atoms with Crippen molar-refractivity contribution in [3.05, 3.63) is 29.3 Å². The fourth-order valence-corrected chi connectivity index (χ4v) is 3.63. The molecule has 8 heteroatoms. The van der Waals surface area contributed by atoms with E-state index in [1.807, 2.05) is 6.07 Å². The minimum atomic E-state index is -2.26. The fourth-order valence-electron chi connectivity index (χ4n) is 3.47. The van der Waals surface area contributed by atoms with Gasteiger partial charge in [0.15, 0.2) is 5.60 Å². The molecular formula is C16H17ClN2O5. The van der Waals surface area contributed by atoms with Crippen molar-refractivity contribution in [1.29, 1.82) is 0 Å². The molecule has 1 saturated carbocycles. The lowest BCUT2D eigenvalue weighted by Gasteiger charge is -2.31. The summed E-state index contributed by atoms with van der Waals surface area (Å²) in [4.78, 5) is 4.22. The van der Waals surface area contributed by atoms with Gasteiger partial charge >= 0.3 is 0 Å². The lowest BCUT2D eigenvalue weighted by atomic mass is 9.92. The molecule has 0 amide bonds. The van der Waals surface area contributed by atoms with Crippen LogP contribution in [0.3, 0.4) is 0 Å². The van der Waals surface area contributed by atoms with Crippen LogP contribution in [-0.4, -0.2) is 50.5 Å². The zero-order valence-electron chi connectivity index (χ0n) is 12.6. The first-order chi connectivity index (χ1) is 11.3. The predicted octanol–water partition coefficient (Wildman–Crippen LogP) is 0.822. The summed E-state index contributed by atoms with van der Waals surface area (Å²) in [6.45, 7) is -0.345. The van der Waals surface area contributed by atoms with E-state index in [2.05, 4.69) is 4.98 Å². The van der Waals surface area contributed by atoms with E-state index >= 15 is 0 Å². The van der Waals surface area contributed by atoms with Crippen LogP contribution in [0.15, 0.2) is 24.3 Å². The molecule has 128 valence electrons. The van der Waals surface area contributed by atoms with Crippen molar-refractivity contribution in [3.8, 4) is 5.75 Å². The Kier molecular flexibility index (Phi) is 3.42. The molecule has 5 N–H and O–H groups in total. The van der Waals surface area contributed by atoms with Crippen LogP contribution in [0.2, 0.25) is 5.02 Å². The SMILES string of the molecule is Nc1nc2cc(O[C@H]3CC[C@@]4(O)[C@@H]3OCC4(O)O)ccc2cc1Cl. The number of aromatic nitrogens is 1. The lowest BCUT2D eigenvalue weighted by molar-refractivity contribution is -0.250. The number of ether oxygens (including phenoxy) is 2. The molecule has 2 heterocycles. The van der Waals surface area contributed by atoms with Gasteiger partial charge in [0.25, 0.3) is 0 Å². The molecule has 2 fully saturated rings. The van der Waals surface area contributed by atoms with Gasteiger partial charge in [0, 0.05) is 11.5 Å². The van der Waals surface area contributed by atoms with Gasteiger partial charge in [-0.3, -0.25) is 0 Å². The Morgan fingerprint density at radius 1 is 1.29 bits per heavy atom. The summed E-state index contributed by atoms with van der Waals surface area (Å²) in [6.07, 6.45) is -0.660. The number of fused-ring (bicyclic) bond motifs is 2. The molecule has 0 unspecified atom stereocenters. The molecule has 4 rings (SSSR count). The van der Waals surface area contributed by atoms with E-state index in [1.165, 1.54) is 0 Å². The van der Waals surface area contributed by atoms with Gasteiger partial charge in [-0.2, -0.15) is 0 Å². The number of rotatable bonds is 2. The van der Waals surface area contributed by atoms with E-state index in [-0.39, 0.29) is 18.8 Å². The van der Waals surface area contributed by atoms with Gasteiger partial charge in [-0.1, -0.05) is 11.6 Å². The van der Waals surface area contributed by atoms with E-state index < -0.39 is 23.6 Å². The van der Waals surface area contributed by atoms with Gasteiger partial charge < -0.3 is 30.5 Å². The number of aliphatic hydroxyl groups is 3. The summed E-state index contributed by atoms with van der Waals surface area (Å²) >= 11 is 5.96. The number of benzene rings is 1. The van der Waals surface area contributed by atoms with E-state index in [4.69, 9.17) is 26.8 Å². The van der Waals surface area contributed by atoms with E-state index in [1.54, 1.807) is 18.2 Å². The van der Waals surface area contributed by atoms with Crippen molar-refractivity contribution >= 4 is 28.3 Å². The summed E-state index contributed by atoms with van der Waals surface area (Å²) in [7, 11) is 0. The summed E-state index contributed by atoms with van der Waals surface area (Å²) in [6, 6.07) is 7.01. The molecule has 2 aromatic rings. The summed E-state index contributed by atoms with van der Waals surface area (Å²) < 4.78 is 11.3. The highest BCUT2D eigenvalue weighted by molar-refractivity contribution is 6.33. The smallest absolute Gasteiger partial charge is 0.219 e. The molecule has 2 aliphatic rings. The second kappa shape index (κ2) is 5.18. The number of halogens is 1. The Hall–Kier alpha value is -1.64. The average Bonchev–Trinajstić information content (AvgIpc) is 2.96. The standard InChI is InChI=1S/C16H17ClN2O5/c17-10-5-8-1-2-9(6-11(8)19-14(10)18)24-12-3-4-15(20)13(12)23-7-16(15,21)22/h1-2,5-6,12-13,20-22H,3-4,7H2,(H2,18,19)/t12-,13+,15+/m0/s1. The number of hydrogen-bond acceptors (Lipinski definition) is 7. The maximum absolute atomic E-state index is 10.5. The van der Waals surface area contributed by atoms with Crippen LogP contribution in [0, 0.1) is 0 Å². The molecule has 3 atom stereocenters. The number of nitrogens with zero attached hydrogens (tertiary/aromatic N) is 1. The highest BCUT2D eigenvalue weighted by atomic mass is 35.5. The van der Waals surface area contributed by atoms with Crippen LogP contribution in [-0.2, 0) is 4.74 Å². The predicted molar refractivity (Wildman–Crippen MR) is 86.7 cm³/mol. The Morgan fingerprint density at radius 2 is 2.08 bits per heavy atom. The lowest BCUT2D eigenvalue weighted by Crippen LogP contribution is -2.55. The van der Waals surface area contributed by atoms with E-state index in [0.29, 0.717) is 22.7 Å². The van der Waals surface area contributed by atoms with Crippen molar-refractivity contribution in [2.75, 3.05) is 12.3 Å². The minimum Gasteiger partial charge on any atom is -0.488 e. The molecule has 1 aromatic heterocycles. The van der Waals surface area contributed by atoms with Crippen LogP contribution in [0.25, 0.3) is 10.9 Å². The van der Waals surface area contributed by atoms with Crippen molar-refractivity contribution in [3.63, 3.8) is 0 Å². The van der Waals surface area contributed by atoms with Gasteiger partial charge in [-0.25, -0.2) is 4.98 Å². The average molecular weight is 353 g/mol. The topological polar surface area (TPSA) is 118 Å². The number of nitrogen functional groups attached to an aromatic ring is 1. The molecule has 7 nitrogen and oxygen atoms in total. The highest BCUT2D eigenvalue weighted by Gasteiger charge is 2.66. The zero-order valence-corrected chi connectivity index (χ0v) is 13.4. The first kappa shape index (κ1) is 15.9. The van der Waals surface area contributed by atoms with Gasteiger partial charge in [-0.15, -0.1) is 0 Å². The minimum absolute atomic E-state index is 0.184. The quantitative estimate of drug-likeness (QED) is 0.591. The molecule has 24 heavy (non-hydrogen) atoms. The Bertz CT molecular complexity index is 814. The monoisotopic (exact) mass is 352 g/mol. The number of nitrogens with two attached hydrogens (primary N) is 1. The van der Waals surface area contributed by atoms with Gasteiger partial charge in [0.05, 0.1) is 10.5 Å². The summed E-state index contributed by atoms with van der Waals surface area (Å²) in [5.41, 5.74) is 4.64. The van der Waals surface area contributed by atoms with Gasteiger partial charge in [0.2, 0.25) is 5.79 Å². The van der Waals surface area contributed by atoms with Crippen LogP contribution < -0.4 is 10.5 Å². The van der Waals surface area contributed by atoms with Crippen molar-refractivity contribution in [2.45, 2.75) is 36.4 Å². The molecule has 1 saturated heterocycles. The van der Waals surface area contributed by atoms with Crippen LogP contribution >= 0.6 is 11.6 Å². The van der Waals surface area contributed by atoms with Gasteiger partial charge in [0.1, 0.15) is 30.4 Å². The zero-order chi connectivity index (χ0) is 17.1. The molecule has 1 aromatic carbocycles. The third kappa shape index (κ3) is 2.24. The van der Waals surface area contributed by atoms with Crippen molar-refractivity contribution < 1.29 is 24.8 Å². The summed E-state index contributed by atoms with van der Waals surface area (Å²) in [5.74, 6) is -1.49. The molecule has 1 aliphatic heterocycles. The van der Waals surface area contributed by atoms with Crippen LogP contribution in [0.5, 0.6) is 5.75 Å². The third-order valence-electron chi connectivity index (χ3n) is 4.83.